The summed E-state index contributed by atoms with van der Waals surface area (Å²) in [5, 5.41) is 7.79. The van der Waals surface area contributed by atoms with Gasteiger partial charge in [0.25, 0.3) is 0 Å². The molecule has 0 fully saturated rings. The molecule has 84 valence electrons. The van der Waals surface area contributed by atoms with E-state index >= 15 is 0 Å². The van der Waals surface area contributed by atoms with Crippen LogP contribution in [0.1, 0.15) is 11.3 Å². The summed E-state index contributed by atoms with van der Waals surface area (Å²) in [4.78, 5) is 0. The van der Waals surface area contributed by atoms with Crippen molar-refractivity contribution in [3.63, 3.8) is 0 Å². The van der Waals surface area contributed by atoms with Crippen molar-refractivity contribution in [3.8, 4) is 0 Å². The van der Waals surface area contributed by atoms with Gasteiger partial charge in [-0.05, 0) is 33.6 Å². The standard InChI is InChI=1S/C10H10BrFN4/c11-9-3-7(1-2-10(9)12)5-16-6-8(4-13)14-15-16/h1-3,6H,4-5,13H2. The average Bonchev–Trinajstić information content (AvgIpc) is 2.71. The fourth-order valence-electron chi connectivity index (χ4n) is 1.33. The zero-order valence-corrected chi connectivity index (χ0v) is 9.98. The van der Waals surface area contributed by atoms with Crippen LogP contribution in [-0.2, 0) is 13.1 Å². The van der Waals surface area contributed by atoms with Crippen LogP contribution in [-0.4, -0.2) is 15.0 Å². The van der Waals surface area contributed by atoms with Crippen molar-refractivity contribution in [2.24, 2.45) is 5.73 Å². The van der Waals surface area contributed by atoms with E-state index in [0.29, 0.717) is 17.6 Å². The van der Waals surface area contributed by atoms with Gasteiger partial charge in [0.15, 0.2) is 0 Å². The summed E-state index contributed by atoms with van der Waals surface area (Å²) in [6.45, 7) is 0.916. The fraction of sp³-hybridized carbons (Fsp3) is 0.200. The largest absolute Gasteiger partial charge is 0.325 e. The number of nitrogens with two attached hydrogens (primary N) is 1. The zero-order valence-electron chi connectivity index (χ0n) is 8.40. The molecule has 0 aliphatic rings. The Morgan fingerprint density at radius 3 is 2.88 bits per heavy atom. The monoisotopic (exact) mass is 284 g/mol. The molecule has 2 rings (SSSR count). The summed E-state index contributed by atoms with van der Waals surface area (Å²) < 4.78 is 15.1. The second-order valence-electron chi connectivity index (χ2n) is 3.36. The molecule has 4 nitrogen and oxygen atoms in total. The third-order valence-corrected chi connectivity index (χ3v) is 2.73. The molecule has 0 spiro atoms. The molecule has 0 saturated carbocycles. The summed E-state index contributed by atoms with van der Waals surface area (Å²) >= 11 is 3.14. The van der Waals surface area contributed by atoms with Gasteiger partial charge in [0.1, 0.15) is 5.82 Å². The highest BCUT2D eigenvalue weighted by Crippen LogP contribution is 2.17. The first-order chi connectivity index (χ1) is 7.69. The van der Waals surface area contributed by atoms with Gasteiger partial charge >= 0.3 is 0 Å². The molecule has 0 saturated heterocycles. The van der Waals surface area contributed by atoms with Crippen LogP contribution in [0.4, 0.5) is 4.39 Å². The Hall–Kier alpha value is -1.27. The molecule has 6 heteroatoms. The lowest BCUT2D eigenvalue weighted by Gasteiger charge is -2.02. The summed E-state index contributed by atoms with van der Waals surface area (Å²) in [7, 11) is 0. The van der Waals surface area contributed by atoms with Crippen LogP contribution >= 0.6 is 15.9 Å². The minimum atomic E-state index is -0.273. The highest BCUT2D eigenvalue weighted by Gasteiger charge is 2.03. The predicted octanol–water partition coefficient (Wildman–Crippen LogP) is 1.69. The van der Waals surface area contributed by atoms with E-state index < -0.39 is 0 Å². The van der Waals surface area contributed by atoms with Crippen LogP contribution in [0.2, 0.25) is 0 Å². The Labute approximate surface area is 100 Å². The Balaban J connectivity index is 2.17. The molecule has 2 aromatic rings. The van der Waals surface area contributed by atoms with Crippen LogP contribution in [0.3, 0.4) is 0 Å². The maximum Gasteiger partial charge on any atom is 0.137 e. The zero-order chi connectivity index (χ0) is 11.5. The molecule has 0 unspecified atom stereocenters. The van der Waals surface area contributed by atoms with Gasteiger partial charge < -0.3 is 5.73 Å². The van der Waals surface area contributed by atoms with Crippen LogP contribution in [0.15, 0.2) is 28.9 Å². The van der Waals surface area contributed by atoms with Gasteiger partial charge in [-0.25, -0.2) is 9.07 Å². The second kappa shape index (κ2) is 4.71. The lowest BCUT2D eigenvalue weighted by Crippen LogP contribution is -2.00. The van der Waals surface area contributed by atoms with E-state index in [1.807, 2.05) is 0 Å². The van der Waals surface area contributed by atoms with E-state index in [2.05, 4.69) is 26.2 Å². The smallest absolute Gasteiger partial charge is 0.137 e. The first-order valence-electron chi connectivity index (χ1n) is 4.72. The number of hydrogen-bond donors (Lipinski definition) is 1. The molecule has 2 N–H and O–H groups in total. The van der Waals surface area contributed by atoms with E-state index in [9.17, 15) is 4.39 Å². The minimum Gasteiger partial charge on any atom is -0.325 e. The molecule has 0 radical (unpaired) electrons. The first-order valence-corrected chi connectivity index (χ1v) is 5.51. The summed E-state index contributed by atoms with van der Waals surface area (Å²) in [6, 6.07) is 4.85. The molecule has 0 bridgehead atoms. The number of aromatic nitrogens is 3. The van der Waals surface area contributed by atoms with Gasteiger partial charge in [-0.15, -0.1) is 5.10 Å². The van der Waals surface area contributed by atoms with Crippen molar-refractivity contribution in [1.29, 1.82) is 0 Å². The van der Waals surface area contributed by atoms with Crippen molar-refractivity contribution >= 4 is 15.9 Å². The Morgan fingerprint density at radius 2 is 2.25 bits per heavy atom. The second-order valence-corrected chi connectivity index (χ2v) is 4.21. The number of benzene rings is 1. The predicted molar refractivity (Wildman–Crippen MR) is 61.1 cm³/mol. The molecule has 0 aliphatic heterocycles. The highest BCUT2D eigenvalue weighted by atomic mass is 79.9. The maximum atomic E-state index is 13.0. The number of hydrogen-bond acceptors (Lipinski definition) is 3. The molecule has 0 atom stereocenters. The number of halogens is 2. The summed E-state index contributed by atoms with van der Waals surface area (Å²) in [5.41, 5.74) is 7.11. The van der Waals surface area contributed by atoms with Crippen LogP contribution < -0.4 is 5.73 Å². The molecule has 1 heterocycles. The minimum absolute atomic E-state index is 0.273. The highest BCUT2D eigenvalue weighted by molar-refractivity contribution is 9.10. The third-order valence-electron chi connectivity index (χ3n) is 2.12. The fourth-order valence-corrected chi connectivity index (χ4v) is 1.76. The van der Waals surface area contributed by atoms with E-state index in [1.54, 1.807) is 23.0 Å². The molecular weight excluding hydrogens is 275 g/mol. The number of nitrogens with zero attached hydrogens (tertiary/aromatic N) is 3. The maximum absolute atomic E-state index is 13.0. The van der Waals surface area contributed by atoms with Gasteiger partial charge in [0.05, 0.1) is 22.9 Å². The van der Waals surface area contributed by atoms with E-state index in [-0.39, 0.29) is 5.82 Å². The Morgan fingerprint density at radius 1 is 1.44 bits per heavy atom. The first kappa shape index (κ1) is 11.2. The summed E-state index contributed by atoms with van der Waals surface area (Å²) in [5.74, 6) is -0.273. The van der Waals surface area contributed by atoms with E-state index in [1.165, 1.54) is 6.07 Å². The average molecular weight is 285 g/mol. The van der Waals surface area contributed by atoms with Crippen LogP contribution in [0, 0.1) is 5.82 Å². The van der Waals surface area contributed by atoms with Gasteiger partial charge in [-0.2, -0.15) is 0 Å². The topological polar surface area (TPSA) is 56.7 Å². The van der Waals surface area contributed by atoms with Crippen molar-refractivity contribution < 1.29 is 4.39 Å². The molecule has 1 aromatic carbocycles. The van der Waals surface area contributed by atoms with Crippen LogP contribution in [0.5, 0.6) is 0 Å². The van der Waals surface area contributed by atoms with Crippen molar-refractivity contribution in [3.05, 3.63) is 45.9 Å². The van der Waals surface area contributed by atoms with Gasteiger partial charge in [-0.3, -0.25) is 0 Å². The summed E-state index contributed by atoms with van der Waals surface area (Å²) in [6.07, 6.45) is 1.78. The van der Waals surface area contributed by atoms with Crippen molar-refractivity contribution in [1.82, 2.24) is 15.0 Å². The van der Waals surface area contributed by atoms with Crippen molar-refractivity contribution in [2.45, 2.75) is 13.1 Å². The molecular formula is C10H10BrFN4. The molecule has 1 aromatic heterocycles. The lowest BCUT2D eigenvalue weighted by molar-refractivity contribution is 0.615. The molecule has 16 heavy (non-hydrogen) atoms. The SMILES string of the molecule is NCc1cn(Cc2ccc(F)c(Br)c2)nn1. The normalized spacial score (nSPS) is 10.7. The van der Waals surface area contributed by atoms with Crippen molar-refractivity contribution in [2.75, 3.05) is 0 Å². The Kier molecular flexibility index (Phi) is 3.31. The quantitative estimate of drug-likeness (QED) is 0.933. The van der Waals surface area contributed by atoms with Gasteiger partial charge in [0.2, 0.25) is 0 Å². The molecule has 0 amide bonds. The van der Waals surface area contributed by atoms with E-state index in [0.717, 1.165) is 11.3 Å². The van der Waals surface area contributed by atoms with Gasteiger partial charge in [-0.1, -0.05) is 11.3 Å². The Bertz CT molecular complexity index is 497. The van der Waals surface area contributed by atoms with Crippen LogP contribution in [0.25, 0.3) is 0 Å². The lowest BCUT2D eigenvalue weighted by atomic mass is 10.2. The number of rotatable bonds is 3. The molecule has 0 aliphatic carbocycles. The third kappa shape index (κ3) is 2.45. The van der Waals surface area contributed by atoms with Gasteiger partial charge in [0, 0.05) is 6.54 Å². The van der Waals surface area contributed by atoms with E-state index in [4.69, 9.17) is 5.73 Å².